The van der Waals surface area contributed by atoms with Crippen LogP contribution in [0.2, 0.25) is 0 Å². The molecule has 3 aromatic carbocycles. The average molecular weight is 533 g/mol. The molecule has 1 aliphatic rings. The van der Waals surface area contributed by atoms with Gasteiger partial charge in [0.15, 0.2) is 0 Å². The second-order valence-corrected chi connectivity index (χ2v) is 9.67. The molecule has 0 bridgehead atoms. The Balaban J connectivity index is 1.83. The number of benzene rings is 3. The number of ether oxygens (including phenoxy) is 2. The average Bonchev–Trinajstić information content (AvgIpc) is 2.93. The molecule has 0 amide bonds. The van der Waals surface area contributed by atoms with Crippen LogP contribution in [0.15, 0.2) is 79.5 Å². The first-order valence-corrected chi connectivity index (χ1v) is 11.6. The van der Waals surface area contributed by atoms with Crippen LogP contribution in [0, 0.1) is 0 Å². The van der Waals surface area contributed by atoms with Crippen LogP contribution in [-0.2, 0) is 0 Å². The van der Waals surface area contributed by atoms with Gasteiger partial charge in [0.25, 0.3) is 0 Å². The van der Waals surface area contributed by atoms with Crippen LogP contribution in [0.4, 0.5) is 5.69 Å². The van der Waals surface area contributed by atoms with Crippen molar-refractivity contribution >= 4 is 55.0 Å². The molecule has 0 fully saturated rings. The predicted molar refractivity (Wildman–Crippen MR) is 127 cm³/mol. The number of methoxy groups -OCH3 is 2. The van der Waals surface area contributed by atoms with Crippen molar-refractivity contribution in [3.8, 4) is 11.5 Å². The zero-order valence-corrected chi connectivity index (χ0v) is 20.0. The minimum absolute atomic E-state index is 0.166. The molecule has 1 aliphatic heterocycles. The van der Waals surface area contributed by atoms with Crippen molar-refractivity contribution in [2.45, 2.75) is 16.6 Å². The van der Waals surface area contributed by atoms with Crippen molar-refractivity contribution in [2.75, 3.05) is 14.2 Å². The largest absolute Gasteiger partial charge is 0.497 e. The normalized spacial score (nSPS) is 15.9. The van der Waals surface area contributed by atoms with Gasteiger partial charge >= 0.3 is 0 Å². The summed E-state index contributed by atoms with van der Waals surface area (Å²) in [6.07, 6.45) is 0.788. The second kappa shape index (κ2) is 8.94. The molecule has 29 heavy (non-hydrogen) atoms. The Labute approximate surface area is 191 Å². The first kappa shape index (κ1) is 20.5. The second-order valence-electron chi connectivity index (χ2n) is 6.60. The lowest BCUT2D eigenvalue weighted by Gasteiger charge is -2.19. The molecule has 0 saturated heterocycles. The summed E-state index contributed by atoms with van der Waals surface area (Å²) in [6, 6.07) is 20.5. The number of hydrogen-bond donors (Lipinski definition) is 0. The highest BCUT2D eigenvalue weighted by Crippen LogP contribution is 2.49. The molecular formula is C23H19Br2NO2S. The van der Waals surface area contributed by atoms with Crippen LogP contribution < -0.4 is 9.47 Å². The lowest BCUT2D eigenvalue weighted by Crippen LogP contribution is -2.06. The molecular weight excluding hydrogens is 514 g/mol. The number of rotatable bonds is 4. The Bertz CT molecular complexity index is 1070. The Morgan fingerprint density at radius 1 is 0.897 bits per heavy atom. The van der Waals surface area contributed by atoms with E-state index in [0.717, 1.165) is 54.3 Å². The van der Waals surface area contributed by atoms with Crippen LogP contribution in [0.5, 0.6) is 11.5 Å². The van der Waals surface area contributed by atoms with Crippen LogP contribution in [0.3, 0.4) is 0 Å². The first-order valence-electron chi connectivity index (χ1n) is 9.09. The van der Waals surface area contributed by atoms with Crippen molar-refractivity contribution in [1.29, 1.82) is 0 Å². The fourth-order valence-electron chi connectivity index (χ4n) is 3.33. The maximum atomic E-state index is 5.68. The number of halogens is 2. The van der Waals surface area contributed by atoms with Gasteiger partial charge in [-0.3, -0.25) is 4.99 Å². The number of nitrogens with zero attached hydrogens (tertiary/aromatic N) is 1. The molecule has 0 radical (unpaired) electrons. The van der Waals surface area contributed by atoms with Crippen molar-refractivity contribution < 1.29 is 9.47 Å². The Kier molecular flexibility index (Phi) is 6.32. The molecule has 1 heterocycles. The standard InChI is InChI=1S/C23H19Br2NO2S/c1-27-17-7-3-14(4-8-17)20-13-22(18-11-15(24)6-10-21(18)28-2)29-23-12-16(25)5-9-19(23)26-20/h3-12,22H,13H2,1-2H3. The van der Waals surface area contributed by atoms with Gasteiger partial charge in [0.2, 0.25) is 0 Å². The molecule has 4 rings (SSSR count). The number of hydrogen-bond acceptors (Lipinski definition) is 4. The summed E-state index contributed by atoms with van der Waals surface area (Å²) in [4.78, 5) is 6.19. The number of fused-ring (bicyclic) bond motifs is 1. The third-order valence-corrected chi connectivity index (χ3v) is 7.06. The smallest absolute Gasteiger partial charge is 0.123 e. The highest BCUT2D eigenvalue weighted by Gasteiger charge is 2.25. The monoisotopic (exact) mass is 531 g/mol. The highest BCUT2D eigenvalue weighted by atomic mass is 79.9. The summed E-state index contributed by atoms with van der Waals surface area (Å²) in [5.74, 6) is 1.73. The summed E-state index contributed by atoms with van der Waals surface area (Å²) in [7, 11) is 3.40. The van der Waals surface area contributed by atoms with Crippen molar-refractivity contribution in [2.24, 2.45) is 4.99 Å². The number of aliphatic imine (C=N–C) groups is 1. The van der Waals surface area contributed by atoms with Gasteiger partial charge in [-0.25, -0.2) is 0 Å². The van der Waals surface area contributed by atoms with E-state index in [2.05, 4.69) is 62.2 Å². The van der Waals surface area contributed by atoms with Gasteiger partial charge < -0.3 is 9.47 Å². The Morgan fingerprint density at radius 2 is 1.62 bits per heavy atom. The molecule has 1 unspecified atom stereocenters. The zero-order valence-electron chi connectivity index (χ0n) is 16.0. The van der Waals surface area contributed by atoms with Gasteiger partial charge in [-0.1, -0.05) is 31.9 Å². The SMILES string of the molecule is COc1ccc(C2=Nc3ccc(Br)cc3SC(c3cc(Br)ccc3OC)C2)cc1. The maximum absolute atomic E-state index is 5.68. The van der Waals surface area contributed by atoms with Gasteiger partial charge in [0.1, 0.15) is 11.5 Å². The Hall–Kier alpha value is -1.76. The molecule has 0 spiro atoms. The van der Waals surface area contributed by atoms with E-state index in [4.69, 9.17) is 14.5 Å². The molecule has 148 valence electrons. The summed E-state index contributed by atoms with van der Waals surface area (Å²) < 4.78 is 13.1. The van der Waals surface area contributed by atoms with Crippen LogP contribution in [-0.4, -0.2) is 19.9 Å². The van der Waals surface area contributed by atoms with Crippen LogP contribution in [0.1, 0.15) is 22.8 Å². The van der Waals surface area contributed by atoms with E-state index < -0.39 is 0 Å². The number of thioether (sulfide) groups is 1. The molecule has 0 aliphatic carbocycles. The van der Waals surface area contributed by atoms with Gasteiger partial charge in [0, 0.05) is 36.8 Å². The molecule has 1 atom stereocenters. The third-order valence-electron chi connectivity index (χ3n) is 4.79. The van der Waals surface area contributed by atoms with E-state index in [-0.39, 0.29) is 5.25 Å². The summed E-state index contributed by atoms with van der Waals surface area (Å²) >= 11 is 9.03. The van der Waals surface area contributed by atoms with E-state index in [1.165, 1.54) is 0 Å². The molecule has 3 nitrogen and oxygen atoms in total. The van der Waals surface area contributed by atoms with Gasteiger partial charge in [0.05, 0.1) is 19.9 Å². The zero-order chi connectivity index (χ0) is 20.4. The summed E-state index contributed by atoms with van der Waals surface area (Å²) in [5.41, 5.74) is 4.29. The lowest BCUT2D eigenvalue weighted by molar-refractivity contribution is 0.409. The molecule has 0 saturated carbocycles. The molecule has 3 aromatic rings. The van der Waals surface area contributed by atoms with E-state index in [0.29, 0.717) is 0 Å². The minimum atomic E-state index is 0.166. The van der Waals surface area contributed by atoms with Crippen LogP contribution >= 0.6 is 43.6 Å². The van der Waals surface area contributed by atoms with Crippen molar-refractivity contribution in [1.82, 2.24) is 0 Å². The highest BCUT2D eigenvalue weighted by molar-refractivity contribution is 9.10. The summed E-state index contributed by atoms with van der Waals surface area (Å²) in [5, 5.41) is 0.166. The van der Waals surface area contributed by atoms with Gasteiger partial charge in [-0.2, -0.15) is 0 Å². The predicted octanol–water partition coefficient (Wildman–Crippen LogP) is 7.59. The minimum Gasteiger partial charge on any atom is -0.497 e. The summed E-state index contributed by atoms with van der Waals surface area (Å²) in [6.45, 7) is 0. The topological polar surface area (TPSA) is 30.8 Å². The van der Waals surface area contributed by atoms with Gasteiger partial charge in [-0.15, -0.1) is 11.8 Å². The fraction of sp³-hybridized carbons (Fsp3) is 0.174. The maximum Gasteiger partial charge on any atom is 0.123 e. The quantitative estimate of drug-likeness (QED) is 0.347. The Morgan fingerprint density at radius 3 is 2.34 bits per heavy atom. The van der Waals surface area contributed by atoms with E-state index in [1.807, 2.05) is 42.1 Å². The first-order chi connectivity index (χ1) is 14.1. The van der Waals surface area contributed by atoms with Crippen LogP contribution in [0.25, 0.3) is 0 Å². The van der Waals surface area contributed by atoms with Crippen molar-refractivity contribution in [3.63, 3.8) is 0 Å². The molecule has 0 aromatic heterocycles. The van der Waals surface area contributed by atoms with Crippen molar-refractivity contribution in [3.05, 3.63) is 80.7 Å². The van der Waals surface area contributed by atoms with E-state index >= 15 is 0 Å². The fourth-order valence-corrected chi connectivity index (χ4v) is 5.51. The molecule has 6 heteroatoms. The van der Waals surface area contributed by atoms with E-state index in [9.17, 15) is 0 Å². The van der Waals surface area contributed by atoms with Gasteiger partial charge in [-0.05, 0) is 66.2 Å². The third kappa shape index (κ3) is 4.55. The molecule has 0 N–H and O–H groups in total. The lowest BCUT2D eigenvalue weighted by atomic mass is 10.0. The van der Waals surface area contributed by atoms with E-state index in [1.54, 1.807) is 14.2 Å².